The molecule has 0 aliphatic carbocycles. The van der Waals surface area contributed by atoms with E-state index in [4.69, 9.17) is 18.9 Å². The topological polar surface area (TPSA) is 286 Å². The van der Waals surface area contributed by atoms with Crippen LogP contribution in [0.2, 0.25) is 0 Å². The van der Waals surface area contributed by atoms with Crippen LogP contribution in [-0.4, -0.2) is 186 Å². The van der Waals surface area contributed by atoms with Crippen molar-refractivity contribution in [3.63, 3.8) is 0 Å². The van der Waals surface area contributed by atoms with Crippen LogP contribution in [0.1, 0.15) is 45.4 Å². The number of halogens is 1. The number of alkyl halides is 1. The fraction of sp³-hybridized carbons (Fsp3) is 0.767. The number of hydroxylamine groups is 8. The average molecular weight is 880 g/mol. The highest BCUT2D eigenvalue weighted by Gasteiger charge is 2.16. The Hall–Kier alpha value is -3.30. The SMILES string of the molecule is CC(=O)N(O)CCOCCNC(=O)CCC(=O)N(O)CCOCCNC(=O)CCC(=O)N(O)CCOCCNC(=O)CCC(=O)N(O)CCOCCI. The second kappa shape index (κ2) is 32.2. The number of nitrogens with one attached hydrogen (secondary N) is 3. The maximum Gasteiger partial charge on any atom is 0.246 e. The highest BCUT2D eigenvalue weighted by Crippen LogP contribution is 1.99. The van der Waals surface area contributed by atoms with Crippen LogP contribution >= 0.6 is 22.6 Å². The van der Waals surface area contributed by atoms with Gasteiger partial charge in [-0.1, -0.05) is 22.6 Å². The number of rotatable bonds is 32. The van der Waals surface area contributed by atoms with Gasteiger partial charge >= 0.3 is 0 Å². The van der Waals surface area contributed by atoms with Crippen molar-refractivity contribution >= 4 is 63.9 Å². The summed E-state index contributed by atoms with van der Waals surface area (Å²) in [4.78, 5) is 82.4. The van der Waals surface area contributed by atoms with Gasteiger partial charge in [-0.25, -0.2) is 20.3 Å². The highest BCUT2D eigenvalue weighted by molar-refractivity contribution is 14.1. The Kier molecular flexibility index (Phi) is 30.2. The molecule has 0 aromatic carbocycles. The quantitative estimate of drug-likeness (QED) is 0.0127. The number of carbonyl (C=O) groups excluding carboxylic acids is 7. The molecule has 0 fully saturated rings. The van der Waals surface area contributed by atoms with Gasteiger partial charge in [0.2, 0.25) is 41.4 Å². The summed E-state index contributed by atoms with van der Waals surface area (Å²) >= 11 is 2.13. The van der Waals surface area contributed by atoms with E-state index >= 15 is 0 Å². The van der Waals surface area contributed by atoms with E-state index in [9.17, 15) is 54.4 Å². The summed E-state index contributed by atoms with van der Waals surface area (Å²) in [7, 11) is 0. The summed E-state index contributed by atoms with van der Waals surface area (Å²) in [5, 5.41) is 48.0. The number of nitrogens with zero attached hydrogens (tertiary/aromatic N) is 4. The molecule has 0 aliphatic heterocycles. The lowest BCUT2D eigenvalue weighted by atomic mass is 10.2. The van der Waals surface area contributed by atoms with E-state index in [2.05, 4.69) is 38.5 Å². The Balaban J connectivity index is 3.81. The van der Waals surface area contributed by atoms with E-state index in [-0.39, 0.29) is 131 Å². The van der Waals surface area contributed by atoms with E-state index in [1.165, 1.54) is 6.92 Å². The molecule has 0 aromatic rings. The van der Waals surface area contributed by atoms with Gasteiger partial charge in [-0.05, 0) is 0 Å². The van der Waals surface area contributed by atoms with Gasteiger partial charge in [-0.15, -0.1) is 0 Å². The first-order valence-corrected chi connectivity index (χ1v) is 18.4. The molecule has 0 saturated carbocycles. The van der Waals surface area contributed by atoms with E-state index < -0.39 is 41.4 Å². The third-order valence-electron chi connectivity index (χ3n) is 6.64. The smallest absolute Gasteiger partial charge is 0.246 e. The molecule has 0 spiro atoms. The summed E-state index contributed by atoms with van der Waals surface area (Å²) in [6, 6.07) is 0. The second-order valence-corrected chi connectivity index (χ2v) is 12.0. The van der Waals surface area contributed by atoms with E-state index in [0.29, 0.717) is 26.9 Å². The van der Waals surface area contributed by atoms with Crippen LogP contribution < -0.4 is 16.0 Å². The Bertz CT molecular complexity index is 1110. The number of amides is 7. The van der Waals surface area contributed by atoms with Crippen LogP contribution in [0.5, 0.6) is 0 Å². The largest absolute Gasteiger partial charge is 0.379 e. The molecule has 0 bridgehead atoms. The summed E-state index contributed by atoms with van der Waals surface area (Å²) in [5.74, 6) is -3.84. The molecule has 0 saturated heterocycles. The Morgan fingerprint density at radius 3 is 1.02 bits per heavy atom. The molecule has 0 rings (SSSR count). The third-order valence-corrected chi connectivity index (χ3v) is 7.08. The monoisotopic (exact) mass is 879 g/mol. The third kappa shape index (κ3) is 28.8. The van der Waals surface area contributed by atoms with Crippen molar-refractivity contribution in [3.8, 4) is 0 Å². The van der Waals surface area contributed by atoms with Crippen molar-refractivity contribution in [2.45, 2.75) is 45.4 Å². The Morgan fingerprint density at radius 1 is 0.453 bits per heavy atom. The van der Waals surface area contributed by atoms with Crippen LogP contribution in [0.15, 0.2) is 0 Å². The molecule has 0 radical (unpaired) electrons. The molecule has 7 amide bonds. The minimum atomic E-state index is -0.704. The molecule has 0 aromatic heterocycles. The number of carbonyl (C=O) groups is 7. The first-order valence-electron chi connectivity index (χ1n) is 16.9. The highest BCUT2D eigenvalue weighted by atomic mass is 127. The van der Waals surface area contributed by atoms with Crippen molar-refractivity contribution in [2.24, 2.45) is 0 Å². The minimum absolute atomic E-state index is 0.00486. The van der Waals surface area contributed by atoms with Gasteiger partial charge in [0.05, 0.1) is 79.0 Å². The fourth-order valence-corrected chi connectivity index (χ4v) is 4.01. The molecule has 0 heterocycles. The lowest BCUT2D eigenvalue weighted by molar-refractivity contribution is -0.168. The van der Waals surface area contributed by atoms with E-state index in [1.54, 1.807) is 0 Å². The van der Waals surface area contributed by atoms with Gasteiger partial charge < -0.3 is 34.9 Å². The molecule has 306 valence electrons. The van der Waals surface area contributed by atoms with Crippen LogP contribution in [0.4, 0.5) is 0 Å². The van der Waals surface area contributed by atoms with Gasteiger partial charge in [0.1, 0.15) is 0 Å². The van der Waals surface area contributed by atoms with Crippen molar-refractivity contribution in [1.29, 1.82) is 0 Å². The van der Waals surface area contributed by atoms with Gasteiger partial charge in [0.15, 0.2) is 0 Å². The maximum absolute atomic E-state index is 12.1. The van der Waals surface area contributed by atoms with Crippen molar-refractivity contribution in [1.82, 2.24) is 36.2 Å². The van der Waals surface area contributed by atoms with Crippen LogP contribution in [-0.2, 0) is 52.5 Å². The van der Waals surface area contributed by atoms with Gasteiger partial charge in [-0.3, -0.25) is 54.4 Å². The summed E-state index contributed by atoms with van der Waals surface area (Å²) < 4.78 is 21.7. The summed E-state index contributed by atoms with van der Waals surface area (Å²) in [6.45, 7) is 2.14. The Morgan fingerprint density at radius 2 is 0.736 bits per heavy atom. The lowest BCUT2D eigenvalue weighted by Crippen LogP contribution is -2.34. The van der Waals surface area contributed by atoms with E-state index in [0.717, 1.165) is 4.43 Å². The lowest BCUT2D eigenvalue weighted by Gasteiger charge is -2.16. The predicted molar refractivity (Wildman–Crippen MR) is 189 cm³/mol. The zero-order chi connectivity index (χ0) is 39.9. The molecule has 23 heteroatoms. The molecule has 0 unspecified atom stereocenters. The molecule has 53 heavy (non-hydrogen) atoms. The van der Waals surface area contributed by atoms with Crippen molar-refractivity contribution in [2.75, 3.05) is 103 Å². The standard InChI is InChI=1S/C30H54IN7O15/c1-24(39)35(46)12-20-51-17-9-32-25(40)3-6-29(44)37(48)14-22-53-19-11-34-27(42)4-7-30(45)38(49)15-23-52-18-10-33-26(41)2-5-28(43)36(47)13-21-50-16-8-31/h46-49H,2-23H2,1H3,(H,32,40)(H,33,41)(H,34,42). The number of hydrogen-bond acceptors (Lipinski definition) is 15. The molecule has 22 nitrogen and oxygen atoms in total. The number of ether oxygens (including phenoxy) is 4. The average Bonchev–Trinajstić information content (AvgIpc) is 3.13. The van der Waals surface area contributed by atoms with Crippen molar-refractivity contribution in [3.05, 3.63) is 0 Å². The molecule has 0 atom stereocenters. The summed E-state index contributed by atoms with van der Waals surface area (Å²) in [6.07, 6.45) is -1.19. The molecular formula is C30H54IN7O15. The fourth-order valence-electron chi connectivity index (χ4n) is 3.70. The van der Waals surface area contributed by atoms with Gasteiger partial charge in [-0.2, -0.15) is 0 Å². The predicted octanol–water partition coefficient (Wildman–Crippen LogP) is -1.93. The minimum Gasteiger partial charge on any atom is -0.379 e. The first kappa shape index (κ1) is 49.7. The molecule has 0 aliphatic rings. The van der Waals surface area contributed by atoms with Gasteiger partial charge in [0, 0.05) is 69.5 Å². The normalized spacial score (nSPS) is 10.7. The van der Waals surface area contributed by atoms with Crippen LogP contribution in [0.25, 0.3) is 0 Å². The zero-order valence-electron chi connectivity index (χ0n) is 30.0. The van der Waals surface area contributed by atoms with Crippen LogP contribution in [0.3, 0.4) is 0 Å². The second-order valence-electron chi connectivity index (χ2n) is 10.9. The molecule has 7 N–H and O–H groups in total. The molecular weight excluding hydrogens is 825 g/mol. The van der Waals surface area contributed by atoms with E-state index in [1.807, 2.05) is 0 Å². The number of hydrogen-bond donors (Lipinski definition) is 7. The Labute approximate surface area is 321 Å². The summed E-state index contributed by atoms with van der Waals surface area (Å²) in [5.41, 5.74) is 0. The van der Waals surface area contributed by atoms with Crippen LogP contribution in [0, 0.1) is 0 Å². The maximum atomic E-state index is 12.1. The zero-order valence-corrected chi connectivity index (χ0v) is 32.2. The van der Waals surface area contributed by atoms with Crippen molar-refractivity contribution < 1.29 is 73.3 Å². The first-order chi connectivity index (χ1) is 25.3. The van der Waals surface area contributed by atoms with Gasteiger partial charge in [0.25, 0.3) is 0 Å².